The minimum Gasteiger partial charge on any atom is -0.400 e. The summed E-state index contributed by atoms with van der Waals surface area (Å²) in [6.07, 6.45) is 0.572. The van der Waals surface area contributed by atoms with Gasteiger partial charge in [0.2, 0.25) is 0 Å². The lowest BCUT2D eigenvalue weighted by atomic mass is 10.0. The van der Waals surface area contributed by atoms with Gasteiger partial charge in [0.15, 0.2) is 0 Å². The van der Waals surface area contributed by atoms with Crippen molar-refractivity contribution in [1.82, 2.24) is 0 Å². The van der Waals surface area contributed by atoms with Crippen molar-refractivity contribution in [2.24, 2.45) is 11.5 Å². The molecule has 1 unspecified atom stereocenters. The summed E-state index contributed by atoms with van der Waals surface area (Å²) in [6, 6.07) is 15.9. The van der Waals surface area contributed by atoms with Gasteiger partial charge >= 0.3 is 0 Å². The fraction of sp³-hybridized carbons (Fsp3) is 0.294. The first-order valence-corrected chi connectivity index (χ1v) is 6.87. The standard InChI is InChI=1S/C16H19FN2.CH4O/c17-10-16(19)9-12-1-5-14(6-2-12)15-7-3-13(11-18)4-8-15;1-2/h1-8,16H,9-11,18-19H2;2H,1H3. The first kappa shape index (κ1) is 17.3. The number of halogens is 1. The lowest BCUT2D eigenvalue weighted by molar-refractivity contribution is 0.399. The minimum absolute atomic E-state index is 0.408. The largest absolute Gasteiger partial charge is 0.400 e. The van der Waals surface area contributed by atoms with Crippen molar-refractivity contribution < 1.29 is 9.50 Å². The van der Waals surface area contributed by atoms with E-state index in [-0.39, 0.29) is 0 Å². The molecule has 3 nitrogen and oxygen atoms in total. The van der Waals surface area contributed by atoms with Crippen LogP contribution in [0.15, 0.2) is 48.5 Å². The minimum atomic E-state index is -0.484. The zero-order valence-corrected chi connectivity index (χ0v) is 12.3. The second-order valence-electron chi connectivity index (χ2n) is 4.72. The van der Waals surface area contributed by atoms with Crippen LogP contribution in [0.25, 0.3) is 11.1 Å². The highest BCUT2D eigenvalue weighted by Crippen LogP contribution is 2.20. The second kappa shape index (κ2) is 9.23. The van der Waals surface area contributed by atoms with E-state index in [1.165, 1.54) is 0 Å². The van der Waals surface area contributed by atoms with E-state index in [1.54, 1.807) is 0 Å². The fourth-order valence-corrected chi connectivity index (χ4v) is 2.02. The zero-order chi connectivity index (χ0) is 15.7. The van der Waals surface area contributed by atoms with Gasteiger partial charge in [-0.2, -0.15) is 0 Å². The molecule has 0 spiro atoms. The number of rotatable bonds is 5. The average molecular weight is 290 g/mol. The van der Waals surface area contributed by atoms with Gasteiger partial charge in [0, 0.05) is 19.7 Å². The van der Waals surface area contributed by atoms with E-state index in [1.807, 2.05) is 36.4 Å². The molecule has 21 heavy (non-hydrogen) atoms. The molecule has 0 fully saturated rings. The fourth-order valence-electron chi connectivity index (χ4n) is 2.02. The van der Waals surface area contributed by atoms with Crippen LogP contribution in [0.3, 0.4) is 0 Å². The highest BCUT2D eigenvalue weighted by molar-refractivity contribution is 5.63. The molecular formula is C17H23FN2O. The molecule has 1 atom stereocenters. The lowest BCUT2D eigenvalue weighted by Gasteiger charge is -2.08. The molecule has 0 aliphatic heterocycles. The van der Waals surface area contributed by atoms with Crippen molar-refractivity contribution in [3.63, 3.8) is 0 Å². The summed E-state index contributed by atoms with van der Waals surface area (Å²) >= 11 is 0. The number of hydrogen-bond acceptors (Lipinski definition) is 3. The Kier molecular flexibility index (Phi) is 7.61. The van der Waals surface area contributed by atoms with E-state index < -0.39 is 12.7 Å². The van der Waals surface area contributed by atoms with Gasteiger partial charge in [-0.15, -0.1) is 0 Å². The topological polar surface area (TPSA) is 72.3 Å². The van der Waals surface area contributed by atoms with Crippen LogP contribution in [-0.4, -0.2) is 24.9 Å². The molecule has 0 radical (unpaired) electrons. The van der Waals surface area contributed by atoms with Gasteiger partial charge < -0.3 is 16.6 Å². The Morgan fingerprint density at radius 3 is 1.71 bits per heavy atom. The number of nitrogens with two attached hydrogens (primary N) is 2. The van der Waals surface area contributed by atoms with Crippen molar-refractivity contribution >= 4 is 0 Å². The summed E-state index contributed by atoms with van der Waals surface area (Å²) in [5.74, 6) is 0. The summed E-state index contributed by atoms with van der Waals surface area (Å²) < 4.78 is 12.4. The van der Waals surface area contributed by atoms with Crippen LogP contribution in [0.1, 0.15) is 11.1 Å². The Morgan fingerprint density at radius 1 is 0.905 bits per heavy atom. The van der Waals surface area contributed by atoms with Crippen LogP contribution in [0.5, 0.6) is 0 Å². The summed E-state index contributed by atoms with van der Waals surface area (Å²) in [4.78, 5) is 0. The van der Waals surface area contributed by atoms with E-state index in [2.05, 4.69) is 12.1 Å². The van der Waals surface area contributed by atoms with Gasteiger partial charge in [-0.25, -0.2) is 4.39 Å². The third-order valence-corrected chi connectivity index (χ3v) is 3.17. The number of aliphatic hydroxyl groups is 1. The maximum atomic E-state index is 12.4. The number of alkyl halides is 1. The molecule has 0 saturated heterocycles. The summed E-state index contributed by atoms with van der Waals surface area (Å²) in [5.41, 5.74) is 15.6. The summed E-state index contributed by atoms with van der Waals surface area (Å²) in [5, 5.41) is 7.00. The van der Waals surface area contributed by atoms with Gasteiger partial charge in [-0.3, -0.25) is 0 Å². The SMILES string of the molecule is CO.NCc1ccc(-c2ccc(CC(N)CF)cc2)cc1. The van der Waals surface area contributed by atoms with E-state index >= 15 is 0 Å². The van der Waals surface area contributed by atoms with Crippen LogP contribution in [0.4, 0.5) is 4.39 Å². The molecule has 0 aliphatic carbocycles. The first-order chi connectivity index (χ1) is 10.2. The third kappa shape index (κ3) is 5.27. The Balaban J connectivity index is 0.00000106. The molecule has 2 aromatic carbocycles. The van der Waals surface area contributed by atoms with Crippen molar-refractivity contribution in [2.75, 3.05) is 13.8 Å². The van der Waals surface area contributed by atoms with Crippen LogP contribution < -0.4 is 11.5 Å². The van der Waals surface area contributed by atoms with Gasteiger partial charge in [0.05, 0.1) is 0 Å². The van der Waals surface area contributed by atoms with Crippen molar-refractivity contribution in [1.29, 1.82) is 0 Å². The van der Waals surface area contributed by atoms with E-state index in [4.69, 9.17) is 16.6 Å². The Hall–Kier alpha value is -1.75. The van der Waals surface area contributed by atoms with E-state index in [0.29, 0.717) is 13.0 Å². The van der Waals surface area contributed by atoms with Crippen LogP contribution in [0, 0.1) is 0 Å². The average Bonchev–Trinajstić information content (AvgIpc) is 2.57. The van der Waals surface area contributed by atoms with Crippen LogP contribution in [-0.2, 0) is 13.0 Å². The molecule has 5 N–H and O–H groups in total. The van der Waals surface area contributed by atoms with Crippen molar-refractivity contribution in [3.8, 4) is 11.1 Å². The van der Waals surface area contributed by atoms with E-state index in [9.17, 15) is 4.39 Å². The number of benzene rings is 2. The molecule has 0 heterocycles. The molecule has 114 valence electrons. The molecule has 0 amide bonds. The third-order valence-electron chi connectivity index (χ3n) is 3.17. The summed E-state index contributed by atoms with van der Waals surface area (Å²) in [7, 11) is 1.00. The van der Waals surface area contributed by atoms with E-state index in [0.717, 1.165) is 29.4 Å². The van der Waals surface area contributed by atoms with Crippen molar-refractivity contribution in [2.45, 2.75) is 19.0 Å². The quantitative estimate of drug-likeness (QED) is 0.791. The first-order valence-electron chi connectivity index (χ1n) is 6.87. The van der Waals surface area contributed by atoms with Crippen molar-refractivity contribution in [3.05, 3.63) is 59.7 Å². The smallest absolute Gasteiger partial charge is 0.105 e. The van der Waals surface area contributed by atoms with Gasteiger partial charge in [-0.05, 0) is 28.7 Å². The number of hydrogen-bond donors (Lipinski definition) is 3. The lowest BCUT2D eigenvalue weighted by Crippen LogP contribution is -2.24. The maximum Gasteiger partial charge on any atom is 0.105 e. The highest BCUT2D eigenvalue weighted by Gasteiger charge is 2.04. The predicted octanol–water partition coefficient (Wildman–Crippen LogP) is 2.26. The highest BCUT2D eigenvalue weighted by atomic mass is 19.1. The molecule has 4 heteroatoms. The Morgan fingerprint density at radius 2 is 1.33 bits per heavy atom. The molecule has 2 aromatic rings. The van der Waals surface area contributed by atoms with Gasteiger partial charge in [0.25, 0.3) is 0 Å². The molecule has 2 rings (SSSR count). The van der Waals surface area contributed by atoms with Gasteiger partial charge in [-0.1, -0.05) is 48.5 Å². The normalized spacial score (nSPS) is 11.5. The predicted molar refractivity (Wildman–Crippen MR) is 85.6 cm³/mol. The second-order valence-corrected chi connectivity index (χ2v) is 4.72. The zero-order valence-electron chi connectivity index (χ0n) is 12.3. The van der Waals surface area contributed by atoms with Gasteiger partial charge in [0.1, 0.15) is 6.67 Å². The molecule has 0 aromatic heterocycles. The Bertz CT molecular complexity index is 511. The monoisotopic (exact) mass is 290 g/mol. The number of aliphatic hydroxyl groups excluding tert-OH is 1. The van der Waals surface area contributed by atoms with Crippen LogP contribution >= 0.6 is 0 Å². The van der Waals surface area contributed by atoms with Crippen LogP contribution in [0.2, 0.25) is 0 Å². The molecule has 0 aliphatic rings. The Labute approximate surface area is 125 Å². The molecular weight excluding hydrogens is 267 g/mol. The molecule has 0 saturated carbocycles. The maximum absolute atomic E-state index is 12.4. The molecule has 0 bridgehead atoms. The summed E-state index contributed by atoms with van der Waals surface area (Å²) in [6.45, 7) is 0.0721.